The molecule has 0 spiro atoms. The Morgan fingerprint density at radius 1 is 1.03 bits per heavy atom. The van der Waals surface area contributed by atoms with Crippen molar-refractivity contribution in [1.82, 2.24) is 10.8 Å². The lowest BCUT2D eigenvalue weighted by molar-refractivity contribution is -0.129. The van der Waals surface area contributed by atoms with E-state index in [0.29, 0.717) is 5.75 Å². The summed E-state index contributed by atoms with van der Waals surface area (Å²) < 4.78 is 41.6. The van der Waals surface area contributed by atoms with Gasteiger partial charge in [-0.15, -0.1) is 0 Å². The molecule has 0 saturated heterocycles. The van der Waals surface area contributed by atoms with E-state index in [-0.39, 0.29) is 30.2 Å². The number of nitrogens with one attached hydrogen (secondary N) is 2. The fourth-order valence-corrected chi connectivity index (χ4v) is 4.63. The lowest BCUT2D eigenvalue weighted by atomic mass is 10.2. The first-order chi connectivity index (χ1) is 15.3. The van der Waals surface area contributed by atoms with Gasteiger partial charge in [0.05, 0.1) is 24.4 Å². The number of ether oxygens (including phenoxy) is 3. The second-order valence-corrected chi connectivity index (χ2v) is 8.93. The number of alkyl carbamates (subject to hydrolysis) is 1. The highest BCUT2D eigenvalue weighted by Gasteiger charge is 2.30. The highest BCUT2D eigenvalue weighted by atomic mass is 32.2. The van der Waals surface area contributed by atoms with E-state index in [4.69, 9.17) is 19.4 Å². The van der Waals surface area contributed by atoms with Crippen LogP contribution in [0.5, 0.6) is 11.5 Å². The average Bonchev–Trinajstić information content (AvgIpc) is 2.81. The number of amides is 2. The van der Waals surface area contributed by atoms with E-state index in [0.717, 1.165) is 5.56 Å². The van der Waals surface area contributed by atoms with Gasteiger partial charge in [-0.3, -0.25) is 10.0 Å². The number of hydrogen-bond donors (Lipinski definition) is 3. The van der Waals surface area contributed by atoms with Gasteiger partial charge in [0, 0.05) is 19.0 Å². The fraction of sp³-hybridized carbons (Fsp3) is 0.333. The summed E-state index contributed by atoms with van der Waals surface area (Å²) in [4.78, 5) is 23.5. The lowest BCUT2D eigenvalue weighted by Gasteiger charge is -2.18. The van der Waals surface area contributed by atoms with Crippen molar-refractivity contribution in [1.29, 1.82) is 0 Å². The van der Waals surface area contributed by atoms with Crippen LogP contribution in [0.15, 0.2) is 53.4 Å². The van der Waals surface area contributed by atoms with Crippen LogP contribution in [0.1, 0.15) is 18.4 Å². The van der Waals surface area contributed by atoms with Gasteiger partial charge < -0.3 is 19.5 Å². The number of rotatable bonds is 11. The first kappa shape index (κ1) is 25.0. The topological polar surface area (TPSA) is 140 Å². The highest BCUT2D eigenvalue weighted by Crippen LogP contribution is 2.31. The standard InChI is InChI=1S/C21H26N2O8S/c1-29-18-9-8-16(12-19(18)30-2)32(27,28)17(13-20(24)23-26)10-11-22-21(25)31-14-15-6-4-3-5-7-15/h3-9,12,17,26H,10-11,13-14H2,1-2H3,(H,22,25)(H,23,24). The summed E-state index contributed by atoms with van der Waals surface area (Å²) in [5, 5.41) is 10.1. The minimum Gasteiger partial charge on any atom is -0.493 e. The number of carbonyl (C=O) groups is 2. The van der Waals surface area contributed by atoms with Crippen molar-refractivity contribution >= 4 is 21.8 Å². The Bertz CT molecular complexity index is 1010. The van der Waals surface area contributed by atoms with E-state index in [9.17, 15) is 18.0 Å². The molecular formula is C21H26N2O8S. The number of hydroxylamine groups is 1. The molecule has 0 aliphatic carbocycles. The fourth-order valence-electron chi connectivity index (χ4n) is 2.91. The molecule has 0 aliphatic heterocycles. The van der Waals surface area contributed by atoms with Crippen LogP contribution in [0.25, 0.3) is 0 Å². The molecule has 0 fully saturated rings. The zero-order chi connectivity index (χ0) is 23.6. The van der Waals surface area contributed by atoms with Crippen LogP contribution in [0, 0.1) is 0 Å². The Morgan fingerprint density at radius 3 is 2.34 bits per heavy atom. The number of hydrogen-bond acceptors (Lipinski definition) is 8. The van der Waals surface area contributed by atoms with Crippen LogP contribution in [0.2, 0.25) is 0 Å². The predicted octanol–water partition coefficient (Wildman–Crippen LogP) is 2.06. The van der Waals surface area contributed by atoms with E-state index < -0.39 is 33.5 Å². The smallest absolute Gasteiger partial charge is 0.407 e. The molecule has 0 saturated carbocycles. The zero-order valence-electron chi connectivity index (χ0n) is 17.7. The van der Waals surface area contributed by atoms with Gasteiger partial charge in [0.15, 0.2) is 21.3 Å². The van der Waals surface area contributed by atoms with Crippen molar-refractivity contribution in [2.75, 3.05) is 20.8 Å². The lowest BCUT2D eigenvalue weighted by Crippen LogP contribution is -2.34. The molecule has 0 heterocycles. The van der Waals surface area contributed by atoms with Gasteiger partial charge in [0.25, 0.3) is 0 Å². The molecule has 11 heteroatoms. The van der Waals surface area contributed by atoms with E-state index in [1.165, 1.54) is 37.9 Å². The van der Waals surface area contributed by atoms with Gasteiger partial charge >= 0.3 is 6.09 Å². The van der Waals surface area contributed by atoms with Gasteiger partial charge in [0.1, 0.15) is 6.61 Å². The second-order valence-electron chi connectivity index (χ2n) is 6.70. The minimum atomic E-state index is -4.02. The number of benzene rings is 2. The molecule has 2 amide bonds. The normalized spacial score (nSPS) is 11.8. The Morgan fingerprint density at radius 2 is 1.72 bits per heavy atom. The molecule has 0 aromatic heterocycles. The molecule has 0 aliphatic rings. The van der Waals surface area contributed by atoms with Crippen molar-refractivity contribution in [2.24, 2.45) is 0 Å². The summed E-state index contributed by atoms with van der Waals surface area (Å²) in [6.45, 7) is -0.00349. The minimum absolute atomic E-state index is 0.0625. The largest absolute Gasteiger partial charge is 0.493 e. The molecule has 0 radical (unpaired) electrons. The van der Waals surface area contributed by atoms with Crippen molar-refractivity contribution in [3.63, 3.8) is 0 Å². The van der Waals surface area contributed by atoms with Crippen LogP contribution < -0.4 is 20.3 Å². The summed E-state index contributed by atoms with van der Waals surface area (Å²) in [6, 6.07) is 13.1. The molecule has 1 unspecified atom stereocenters. The highest BCUT2D eigenvalue weighted by molar-refractivity contribution is 7.92. The quantitative estimate of drug-likeness (QED) is 0.338. The van der Waals surface area contributed by atoms with Crippen LogP contribution in [-0.4, -0.2) is 51.6 Å². The van der Waals surface area contributed by atoms with Crippen molar-refractivity contribution in [2.45, 2.75) is 29.6 Å². The van der Waals surface area contributed by atoms with E-state index >= 15 is 0 Å². The van der Waals surface area contributed by atoms with Crippen LogP contribution in [0.4, 0.5) is 4.79 Å². The van der Waals surface area contributed by atoms with Gasteiger partial charge in [-0.2, -0.15) is 0 Å². The third-order valence-electron chi connectivity index (χ3n) is 4.61. The molecule has 0 bridgehead atoms. The first-order valence-corrected chi connectivity index (χ1v) is 11.2. The third-order valence-corrected chi connectivity index (χ3v) is 6.80. The summed E-state index contributed by atoms with van der Waals surface area (Å²) in [7, 11) is -1.23. The zero-order valence-corrected chi connectivity index (χ0v) is 18.6. The summed E-state index contributed by atoms with van der Waals surface area (Å²) >= 11 is 0. The molecule has 10 nitrogen and oxygen atoms in total. The summed E-state index contributed by atoms with van der Waals surface area (Å²) in [6.07, 6.45) is -1.32. The number of carbonyl (C=O) groups excluding carboxylic acids is 2. The summed E-state index contributed by atoms with van der Waals surface area (Å²) in [5.74, 6) is -0.314. The second kappa shape index (κ2) is 11.9. The average molecular weight is 467 g/mol. The van der Waals surface area contributed by atoms with Crippen molar-refractivity contribution < 1.29 is 37.4 Å². The third kappa shape index (κ3) is 6.86. The molecular weight excluding hydrogens is 440 g/mol. The van der Waals surface area contributed by atoms with Gasteiger partial charge in [0.2, 0.25) is 5.91 Å². The molecule has 2 aromatic carbocycles. The first-order valence-electron chi connectivity index (χ1n) is 9.65. The van der Waals surface area contributed by atoms with Gasteiger partial charge in [-0.05, 0) is 24.1 Å². The SMILES string of the molecule is COc1ccc(S(=O)(=O)C(CCNC(=O)OCc2ccccc2)CC(=O)NO)cc1OC. The number of sulfone groups is 1. The monoisotopic (exact) mass is 466 g/mol. The van der Waals surface area contributed by atoms with Crippen molar-refractivity contribution in [3.05, 3.63) is 54.1 Å². The Labute approximate surface area is 186 Å². The molecule has 174 valence electrons. The maximum Gasteiger partial charge on any atom is 0.407 e. The van der Waals surface area contributed by atoms with Gasteiger partial charge in [-0.1, -0.05) is 30.3 Å². The molecule has 2 aromatic rings. The van der Waals surface area contributed by atoms with Crippen LogP contribution in [-0.2, 0) is 26.0 Å². The van der Waals surface area contributed by atoms with Crippen LogP contribution >= 0.6 is 0 Å². The van der Waals surface area contributed by atoms with E-state index in [1.807, 2.05) is 18.2 Å². The maximum absolute atomic E-state index is 13.1. The van der Waals surface area contributed by atoms with Crippen molar-refractivity contribution in [3.8, 4) is 11.5 Å². The van der Waals surface area contributed by atoms with E-state index in [2.05, 4.69) is 5.32 Å². The molecule has 2 rings (SSSR count). The molecule has 3 N–H and O–H groups in total. The number of methoxy groups -OCH3 is 2. The predicted molar refractivity (Wildman–Crippen MR) is 114 cm³/mol. The Kier molecular flexibility index (Phi) is 9.29. The van der Waals surface area contributed by atoms with Gasteiger partial charge in [-0.25, -0.2) is 18.7 Å². The molecule has 1 atom stereocenters. The Hall–Kier alpha value is -3.31. The van der Waals surface area contributed by atoms with Crippen LogP contribution in [0.3, 0.4) is 0 Å². The summed E-state index contributed by atoms with van der Waals surface area (Å²) in [5.41, 5.74) is 2.24. The maximum atomic E-state index is 13.1. The molecule has 32 heavy (non-hydrogen) atoms. The van der Waals surface area contributed by atoms with E-state index in [1.54, 1.807) is 12.1 Å². The Balaban J connectivity index is 2.06.